The normalized spacial score (nSPS) is 11.2. The number of nitrogens with zero attached hydrogens (tertiary/aromatic N) is 1. The van der Waals surface area contributed by atoms with Crippen molar-refractivity contribution in [2.45, 2.75) is 26.7 Å². The monoisotopic (exact) mass is 343 g/mol. The first kappa shape index (κ1) is 16.3. The second-order valence-electron chi connectivity index (χ2n) is 6.74. The molecule has 0 saturated carbocycles. The molecule has 0 aliphatic carbocycles. The van der Waals surface area contributed by atoms with Gasteiger partial charge in [-0.15, -0.1) is 0 Å². The molecule has 0 saturated heterocycles. The summed E-state index contributed by atoms with van der Waals surface area (Å²) >= 11 is 0. The van der Waals surface area contributed by atoms with Gasteiger partial charge < -0.3 is 10.3 Å². The standard InChI is InChI=1S/C22H21N3O/c1-14-7-8-17(11-15(14)2)24-22(26)10-9-16-12-19-18-5-3-4-6-20(18)25-21(19)13-23-16/h3-8,11-13,25H,9-10H2,1-2H3,(H,24,26). The van der Waals surface area contributed by atoms with Gasteiger partial charge in [-0.05, 0) is 55.7 Å². The Balaban J connectivity index is 1.47. The minimum absolute atomic E-state index is 0.00840. The number of hydrogen-bond donors (Lipinski definition) is 2. The molecule has 0 unspecified atom stereocenters. The van der Waals surface area contributed by atoms with Crippen molar-refractivity contribution in [1.29, 1.82) is 0 Å². The second kappa shape index (κ2) is 6.64. The summed E-state index contributed by atoms with van der Waals surface area (Å²) in [6, 6.07) is 16.3. The van der Waals surface area contributed by atoms with Gasteiger partial charge >= 0.3 is 0 Å². The molecule has 0 aliphatic heterocycles. The van der Waals surface area contributed by atoms with E-state index in [0.29, 0.717) is 12.8 Å². The van der Waals surface area contributed by atoms with Crippen LogP contribution in [0.2, 0.25) is 0 Å². The maximum atomic E-state index is 12.3. The first-order valence-corrected chi connectivity index (χ1v) is 8.82. The third kappa shape index (κ3) is 3.18. The zero-order valence-electron chi connectivity index (χ0n) is 15.0. The number of aromatic nitrogens is 2. The zero-order valence-corrected chi connectivity index (χ0v) is 15.0. The molecule has 0 bridgehead atoms. The number of benzene rings is 2. The van der Waals surface area contributed by atoms with Crippen LogP contribution < -0.4 is 5.32 Å². The van der Waals surface area contributed by atoms with E-state index in [2.05, 4.69) is 40.4 Å². The Labute approximate surface area is 152 Å². The lowest BCUT2D eigenvalue weighted by atomic mass is 10.1. The van der Waals surface area contributed by atoms with Crippen molar-refractivity contribution in [3.8, 4) is 0 Å². The van der Waals surface area contributed by atoms with Crippen LogP contribution in [0, 0.1) is 13.8 Å². The molecule has 2 aromatic heterocycles. The molecular formula is C22H21N3O. The molecule has 0 aliphatic rings. The fourth-order valence-corrected chi connectivity index (χ4v) is 3.21. The smallest absolute Gasteiger partial charge is 0.224 e. The fraction of sp³-hybridized carbons (Fsp3) is 0.182. The molecule has 1 amide bonds. The number of anilines is 1. The SMILES string of the molecule is Cc1ccc(NC(=O)CCc2cc3c(cn2)[nH]c2ccccc23)cc1C. The molecule has 2 aromatic carbocycles. The summed E-state index contributed by atoms with van der Waals surface area (Å²) < 4.78 is 0. The van der Waals surface area contributed by atoms with Gasteiger partial charge in [0.15, 0.2) is 0 Å². The van der Waals surface area contributed by atoms with Crippen LogP contribution in [0.1, 0.15) is 23.2 Å². The Morgan fingerprint density at radius 3 is 2.69 bits per heavy atom. The molecule has 0 fully saturated rings. The van der Waals surface area contributed by atoms with Crippen LogP contribution in [0.3, 0.4) is 0 Å². The zero-order chi connectivity index (χ0) is 18.1. The Morgan fingerprint density at radius 2 is 1.85 bits per heavy atom. The van der Waals surface area contributed by atoms with Crippen molar-refractivity contribution in [3.63, 3.8) is 0 Å². The third-order valence-corrected chi connectivity index (χ3v) is 4.85. The van der Waals surface area contributed by atoms with E-state index in [-0.39, 0.29) is 5.91 Å². The summed E-state index contributed by atoms with van der Waals surface area (Å²) in [7, 11) is 0. The number of fused-ring (bicyclic) bond motifs is 3. The lowest BCUT2D eigenvalue weighted by Crippen LogP contribution is -2.12. The molecule has 0 radical (unpaired) electrons. The molecule has 0 atom stereocenters. The molecule has 2 N–H and O–H groups in total. The van der Waals surface area contributed by atoms with E-state index in [9.17, 15) is 4.79 Å². The van der Waals surface area contributed by atoms with Gasteiger partial charge in [-0.3, -0.25) is 9.78 Å². The highest BCUT2D eigenvalue weighted by molar-refractivity contribution is 6.07. The van der Waals surface area contributed by atoms with Gasteiger partial charge in [-0.1, -0.05) is 24.3 Å². The first-order valence-electron chi connectivity index (χ1n) is 8.82. The number of amides is 1. The van der Waals surface area contributed by atoms with Gasteiger partial charge in [-0.25, -0.2) is 0 Å². The molecule has 4 nitrogen and oxygen atoms in total. The summed E-state index contributed by atoms with van der Waals surface area (Å²) in [6.07, 6.45) is 2.88. The van der Waals surface area contributed by atoms with Gasteiger partial charge in [0.1, 0.15) is 0 Å². The number of aryl methyl sites for hydroxylation is 3. The summed E-state index contributed by atoms with van der Waals surface area (Å²) in [4.78, 5) is 20.1. The maximum absolute atomic E-state index is 12.3. The number of aromatic amines is 1. The van der Waals surface area contributed by atoms with E-state index in [1.54, 1.807) is 0 Å². The minimum atomic E-state index is 0.00840. The van der Waals surface area contributed by atoms with Crippen molar-refractivity contribution in [2.24, 2.45) is 0 Å². The predicted molar refractivity (Wildman–Crippen MR) is 106 cm³/mol. The summed E-state index contributed by atoms with van der Waals surface area (Å²) in [6.45, 7) is 4.11. The van der Waals surface area contributed by atoms with Crippen LogP contribution >= 0.6 is 0 Å². The van der Waals surface area contributed by atoms with Gasteiger partial charge in [0.25, 0.3) is 0 Å². The van der Waals surface area contributed by atoms with Crippen LogP contribution in [-0.2, 0) is 11.2 Å². The van der Waals surface area contributed by atoms with Crippen LogP contribution in [-0.4, -0.2) is 15.9 Å². The number of H-pyrrole nitrogens is 1. The Morgan fingerprint density at radius 1 is 1.00 bits per heavy atom. The molecule has 4 aromatic rings. The Bertz CT molecular complexity index is 1110. The molecule has 0 spiro atoms. The van der Waals surface area contributed by atoms with Gasteiger partial charge in [-0.2, -0.15) is 0 Å². The summed E-state index contributed by atoms with van der Waals surface area (Å²) in [5.41, 5.74) is 6.30. The highest BCUT2D eigenvalue weighted by atomic mass is 16.1. The Hall–Kier alpha value is -3.14. The summed E-state index contributed by atoms with van der Waals surface area (Å²) in [5, 5.41) is 5.31. The average Bonchev–Trinajstić information content (AvgIpc) is 3.01. The molecule has 2 heterocycles. The number of nitrogens with one attached hydrogen (secondary N) is 2. The van der Waals surface area contributed by atoms with Crippen molar-refractivity contribution in [3.05, 3.63) is 71.5 Å². The third-order valence-electron chi connectivity index (χ3n) is 4.85. The van der Waals surface area contributed by atoms with Crippen LogP contribution in [0.5, 0.6) is 0 Å². The second-order valence-corrected chi connectivity index (χ2v) is 6.74. The van der Waals surface area contributed by atoms with E-state index in [0.717, 1.165) is 27.8 Å². The van der Waals surface area contributed by atoms with Crippen LogP contribution in [0.15, 0.2) is 54.7 Å². The number of para-hydroxylation sites is 1. The molecule has 130 valence electrons. The van der Waals surface area contributed by atoms with Crippen LogP contribution in [0.25, 0.3) is 21.8 Å². The molecule has 26 heavy (non-hydrogen) atoms. The van der Waals surface area contributed by atoms with Gasteiger partial charge in [0, 0.05) is 34.1 Å². The minimum Gasteiger partial charge on any atom is -0.353 e. The maximum Gasteiger partial charge on any atom is 0.224 e. The van der Waals surface area contributed by atoms with Crippen molar-refractivity contribution in [1.82, 2.24) is 9.97 Å². The molecule has 4 rings (SSSR count). The highest BCUT2D eigenvalue weighted by Crippen LogP contribution is 2.25. The predicted octanol–water partition coefficient (Wildman–Crippen LogP) is 4.90. The van der Waals surface area contributed by atoms with Crippen molar-refractivity contribution < 1.29 is 4.79 Å². The van der Waals surface area contributed by atoms with Gasteiger partial charge in [0.05, 0.1) is 11.7 Å². The molecule has 4 heteroatoms. The first-order chi connectivity index (χ1) is 12.6. The topological polar surface area (TPSA) is 57.8 Å². The summed E-state index contributed by atoms with van der Waals surface area (Å²) in [5.74, 6) is 0.00840. The lowest BCUT2D eigenvalue weighted by Gasteiger charge is -2.07. The van der Waals surface area contributed by atoms with Crippen molar-refractivity contribution in [2.75, 3.05) is 5.32 Å². The van der Waals surface area contributed by atoms with Crippen LogP contribution in [0.4, 0.5) is 5.69 Å². The quantitative estimate of drug-likeness (QED) is 0.553. The van der Waals surface area contributed by atoms with E-state index in [4.69, 9.17) is 0 Å². The average molecular weight is 343 g/mol. The number of rotatable bonds is 4. The van der Waals surface area contributed by atoms with E-state index >= 15 is 0 Å². The lowest BCUT2D eigenvalue weighted by molar-refractivity contribution is -0.116. The number of carbonyl (C=O) groups is 1. The molecular weight excluding hydrogens is 322 g/mol. The number of hydrogen-bond acceptors (Lipinski definition) is 2. The highest BCUT2D eigenvalue weighted by Gasteiger charge is 2.08. The van der Waals surface area contributed by atoms with E-state index in [1.807, 2.05) is 43.5 Å². The number of carbonyl (C=O) groups excluding carboxylic acids is 1. The number of pyridine rings is 1. The Kier molecular flexibility index (Phi) is 4.17. The van der Waals surface area contributed by atoms with Gasteiger partial charge in [0.2, 0.25) is 5.91 Å². The van der Waals surface area contributed by atoms with E-state index < -0.39 is 0 Å². The largest absolute Gasteiger partial charge is 0.353 e. The van der Waals surface area contributed by atoms with Crippen molar-refractivity contribution >= 4 is 33.4 Å². The van der Waals surface area contributed by atoms with E-state index in [1.165, 1.54) is 16.5 Å². The fourth-order valence-electron chi connectivity index (χ4n) is 3.21.